The Morgan fingerprint density at radius 2 is 1.80 bits per heavy atom. The normalized spacial score (nSPS) is 11.5. The Morgan fingerprint density at radius 1 is 1.08 bits per heavy atom. The first-order valence-corrected chi connectivity index (χ1v) is 8.12. The summed E-state index contributed by atoms with van der Waals surface area (Å²) < 4.78 is 11.9. The lowest BCUT2D eigenvalue weighted by Gasteiger charge is -2.20. The van der Waals surface area contributed by atoms with Crippen LogP contribution in [0, 0.1) is 0 Å². The molecule has 0 N–H and O–H groups in total. The lowest BCUT2D eigenvalue weighted by molar-refractivity contribution is -0.144. The van der Waals surface area contributed by atoms with E-state index in [2.05, 4.69) is 0 Å². The van der Waals surface area contributed by atoms with E-state index in [-0.39, 0.29) is 19.0 Å². The molecule has 2 aromatic rings. The van der Waals surface area contributed by atoms with Gasteiger partial charge in [-0.2, -0.15) is 0 Å². The summed E-state index contributed by atoms with van der Waals surface area (Å²) >= 11 is 0. The molecule has 0 radical (unpaired) electrons. The van der Waals surface area contributed by atoms with Crippen LogP contribution >= 0.6 is 0 Å². The number of carbonyl (C=O) groups excluding carboxylic acids is 2. The van der Waals surface area contributed by atoms with E-state index >= 15 is 0 Å². The van der Waals surface area contributed by atoms with E-state index in [1.165, 1.54) is 4.57 Å². The molecule has 1 heterocycles. The number of benzene rings is 1. The second-order valence-corrected chi connectivity index (χ2v) is 6.53. The van der Waals surface area contributed by atoms with Crippen molar-refractivity contribution in [2.75, 3.05) is 0 Å². The Morgan fingerprint density at radius 3 is 2.48 bits per heavy atom. The molecular weight excluding hydrogens is 318 g/mol. The topological polar surface area (TPSA) is 57.5 Å². The minimum atomic E-state index is -0.586. The van der Waals surface area contributed by atoms with Crippen LogP contribution in [0.15, 0.2) is 54.7 Å². The van der Waals surface area contributed by atoms with Crippen molar-refractivity contribution in [3.63, 3.8) is 0 Å². The molecule has 0 aliphatic rings. The van der Waals surface area contributed by atoms with Gasteiger partial charge in [-0.25, -0.2) is 4.79 Å². The average Bonchev–Trinajstić information content (AvgIpc) is 3.01. The highest BCUT2D eigenvalue weighted by Gasteiger charge is 2.19. The number of aromatic nitrogens is 1. The molecule has 0 saturated heterocycles. The summed E-state index contributed by atoms with van der Waals surface area (Å²) in [6.45, 7) is 5.41. The first-order valence-electron chi connectivity index (χ1n) is 8.12. The number of carbonyl (C=O) groups is 2. The zero-order valence-electron chi connectivity index (χ0n) is 14.8. The fraction of sp³-hybridized carbons (Fsp3) is 0.300. The zero-order valence-corrected chi connectivity index (χ0v) is 14.8. The Hall–Kier alpha value is -2.82. The molecule has 0 fully saturated rings. The van der Waals surface area contributed by atoms with Crippen molar-refractivity contribution >= 4 is 18.1 Å². The summed E-state index contributed by atoms with van der Waals surface area (Å²) in [5.41, 5.74) is 1.00. The van der Waals surface area contributed by atoms with Crippen LogP contribution < -0.4 is 0 Å². The van der Waals surface area contributed by atoms with E-state index in [1.54, 1.807) is 45.2 Å². The molecule has 5 heteroatoms. The zero-order chi connectivity index (χ0) is 18.3. The quantitative estimate of drug-likeness (QED) is 0.756. The van der Waals surface area contributed by atoms with E-state index in [0.717, 1.165) is 5.56 Å². The van der Waals surface area contributed by atoms with Gasteiger partial charge in [-0.3, -0.25) is 9.36 Å². The molecule has 0 saturated carbocycles. The van der Waals surface area contributed by atoms with Gasteiger partial charge < -0.3 is 9.47 Å². The molecular formula is C20H23NO4. The summed E-state index contributed by atoms with van der Waals surface area (Å²) in [6.07, 6.45) is 4.89. The van der Waals surface area contributed by atoms with Crippen LogP contribution in [-0.2, 0) is 20.9 Å². The van der Waals surface area contributed by atoms with E-state index in [1.807, 2.05) is 36.4 Å². The molecule has 0 bridgehead atoms. The van der Waals surface area contributed by atoms with Crippen LogP contribution in [0.25, 0.3) is 6.08 Å². The SMILES string of the molecule is CC(C)(C)OC(=O)n1cccc1COC(=O)C/C=C/c1ccccc1. The molecule has 0 atom stereocenters. The maximum absolute atomic E-state index is 12.1. The summed E-state index contributed by atoms with van der Waals surface area (Å²) in [5.74, 6) is -0.357. The van der Waals surface area contributed by atoms with Gasteiger partial charge in [0.15, 0.2) is 0 Å². The average molecular weight is 341 g/mol. The van der Waals surface area contributed by atoms with Crippen LogP contribution in [0.5, 0.6) is 0 Å². The van der Waals surface area contributed by atoms with Crippen molar-refractivity contribution in [3.8, 4) is 0 Å². The van der Waals surface area contributed by atoms with Crippen molar-refractivity contribution in [2.45, 2.75) is 39.4 Å². The van der Waals surface area contributed by atoms with Gasteiger partial charge in [0.05, 0.1) is 12.1 Å². The summed E-state index contributed by atoms with van der Waals surface area (Å²) in [5, 5.41) is 0. The van der Waals surface area contributed by atoms with Crippen molar-refractivity contribution < 1.29 is 19.1 Å². The third kappa shape index (κ3) is 6.30. The number of nitrogens with zero attached hydrogens (tertiary/aromatic N) is 1. The molecule has 1 aromatic heterocycles. The highest BCUT2D eigenvalue weighted by Crippen LogP contribution is 2.12. The molecule has 1 aromatic carbocycles. The lowest BCUT2D eigenvalue weighted by Crippen LogP contribution is -2.27. The maximum atomic E-state index is 12.1. The van der Waals surface area contributed by atoms with E-state index < -0.39 is 11.7 Å². The van der Waals surface area contributed by atoms with Crippen LogP contribution in [0.1, 0.15) is 38.4 Å². The lowest BCUT2D eigenvalue weighted by atomic mass is 10.2. The predicted octanol–water partition coefficient (Wildman–Crippen LogP) is 4.42. The Labute approximate surface area is 147 Å². The van der Waals surface area contributed by atoms with Crippen LogP contribution in [0.3, 0.4) is 0 Å². The fourth-order valence-corrected chi connectivity index (χ4v) is 2.09. The van der Waals surface area contributed by atoms with Gasteiger partial charge in [-0.15, -0.1) is 0 Å². The molecule has 5 nitrogen and oxygen atoms in total. The largest absolute Gasteiger partial charge is 0.459 e. The standard InChI is InChI=1S/C20H23NO4/c1-20(2,3)25-19(23)21-14-8-12-17(21)15-24-18(22)13-7-11-16-9-5-4-6-10-16/h4-12,14H,13,15H2,1-3H3/b11-7+. The predicted molar refractivity (Wildman–Crippen MR) is 96.0 cm³/mol. The van der Waals surface area contributed by atoms with Crippen LogP contribution in [0.4, 0.5) is 4.79 Å². The fourth-order valence-electron chi connectivity index (χ4n) is 2.09. The first-order chi connectivity index (χ1) is 11.8. The number of rotatable bonds is 5. The smallest absolute Gasteiger partial charge is 0.418 e. The van der Waals surface area contributed by atoms with Crippen LogP contribution in [0.2, 0.25) is 0 Å². The molecule has 2 rings (SSSR count). The third-order valence-corrected chi connectivity index (χ3v) is 3.20. The van der Waals surface area contributed by atoms with Crippen molar-refractivity contribution in [3.05, 3.63) is 66.0 Å². The second kappa shape index (κ2) is 8.33. The number of esters is 1. The van der Waals surface area contributed by atoms with E-state index in [0.29, 0.717) is 5.69 Å². The molecule has 0 spiro atoms. The molecule has 0 aliphatic heterocycles. The van der Waals surface area contributed by atoms with E-state index in [4.69, 9.17) is 9.47 Å². The van der Waals surface area contributed by atoms with Gasteiger partial charge in [0.2, 0.25) is 0 Å². The summed E-state index contributed by atoms with van der Waals surface area (Å²) in [6, 6.07) is 13.1. The monoisotopic (exact) mass is 341 g/mol. The minimum Gasteiger partial charge on any atom is -0.459 e. The van der Waals surface area contributed by atoms with Gasteiger partial charge in [-0.1, -0.05) is 42.5 Å². The van der Waals surface area contributed by atoms with Crippen LogP contribution in [-0.4, -0.2) is 22.2 Å². The number of ether oxygens (including phenoxy) is 2. The first kappa shape index (κ1) is 18.5. The molecule has 25 heavy (non-hydrogen) atoms. The van der Waals surface area contributed by atoms with Crippen molar-refractivity contribution in [1.29, 1.82) is 0 Å². The maximum Gasteiger partial charge on any atom is 0.418 e. The second-order valence-electron chi connectivity index (χ2n) is 6.53. The third-order valence-electron chi connectivity index (χ3n) is 3.20. The van der Waals surface area contributed by atoms with E-state index in [9.17, 15) is 9.59 Å². The highest BCUT2D eigenvalue weighted by atomic mass is 16.6. The summed E-state index contributed by atoms with van der Waals surface area (Å²) in [7, 11) is 0. The Bertz CT molecular complexity index is 739. The van der Waals surface area contributed by atoms with Gasteiger partial charge in [0, 0.05) is 6.20 Å². The number of hydrogen-bond donors (Lipinski definition) is 0. The minimum absolute atomic E-state index is 0.0181. The van der Waals surface area contributed by atoms with Crippen molar-refractivity contribution in [1.82, 2.24) is 4.57 Å². The number of hydrogen-bond acceptors (Lipinski definition) is 4. The van der Waals surface area contributed by atoms with Gasteiger partial charge in [0.25, 0.3) is 0 Å². The molecule has 132 valence electrons. The Kier molecular flexibility index (Phi) is 6.17. The highest BCUT2D eigenvalue weighted by molar-refractivity contribution is 5.73. The Balaban J connectivity index is 1.85. The van der Waals surface area contributed by atoms with Gasteiger partial charge in [-0.05, 0) is 38.5 Å². The molecule has 0 amide bonds. The summed E-state index contributed by atoms with van der Waals surface area (Å²) in [4.78, 5) is 23.9. The van der Waals surface area contributed by atoms with Crippen molar-refractivity contribution in [2.24, 2.45) is 0 Å². The molecule has 0 unspecified atom stereocenters. The molecule has 0 aliphatic carbocycles. The van der Waals surface area contributed by atoms with Gasteiger partial charge >= 0.3 is 12.1 Å². The van der Waals surface area contributed by atoms with Gasteiger partial charge in [0.1, 0.15) is 12.2 Å².